The number of aromatic amines is 1. The summed E-state index contributed by atoms with van der Waals surface area (Å²) in [5, 5.41) is 3.06. The minimum Gasteiger partial charge on any atom is -0.260 e. The normalized spacial score (nSPS) is 8.50. The van der Waals surface area contributed by atoms with E-state index in [1.807, 2.05) is 0 Å². The summed E-state index contributed by atoms with van der Waals surface area (Å²) in [6, 6.07) is 0. The summed E-state index contributed by atoms with van der Waals surface area (Å²) >= 11 is 1.20. The number of aromatic nitrogens is 2. The van der Waals surface area contributed by atoms with E-state index in [2.05, 4.69) is 14.7 Å². The Morgan fingerprint density at radius 2 is 2.88 bits per heavy atom. The van der Waals surface area contributed by atoms with Gasteiger partial charge in [0.05, 0.1) is 0 Å². The minimum atomic E-state index is 0.601. The first-order valence-electron chi connectivity index (χ1n) is 1.96. The highest BCUT2D eigenvalue weighted by atomic mass is 32.1. The van der Waals surface area contributed by atoms with Gasteiger partial charge in [-0.1, -0.05) is 0 Å². The summed E-state index contributed by atoms with van der Waals surface area (Å²) in [6.45, 7) is 0. The van der Waals surface area contributed by atoms with Crippen molar-refractivity contribution in [1.29, 1.82) is 0 Å². The van der Waals surface area contributed by atoms with Crippen LogP contribution in [0, 0.1) is 0 Å². The van der Waals surface area contributed by atoms with Crippen molar-refractivity contribution in [3.8, 4) is 0 Å². The maximum Gasteiger partial charge on any atom is 0.317 e. The average molecular weight is 130 g/mol. The molecule has 42 valence electrons. The fourth-order valence-electron chi connectivity index (χ4n) is 0.312. The van der Waals surface area contributed by atoms with E-state index >= 15 is 0 Å². The van der Waals surface area contributed by atoms with Crippen LogP contribution in [0.4, 0.5) is 5.13 Å². The van der Waals surface area contributed by atoms with Crippen LogP contribution in [0.3, 0.4) is 0 Å². The fraction of sp³-hybridized carbons (Fsp3) is 0. The van der Waals surface area contributed by atoms with Crippen LogP contribution in [0.2, 0.25) is 0 Å². The second-order valence-corrected chi connectivity index (χ2v) is 1.86. The van der Waals surface area contributed by atoms with E-state index in [0.717, 1.165) is 0 Å². The first kappa shape index (κ1) is 5.17. The molecule has 1 aromatic heterocycles. The number of carbonyl (C=O) groups is 1. The molecule has 0 fully saturated rings. The van der Waals surface area contributed by atoms with Gasteiger partial charge >= 0.3 is 5.13 Å². The van der Waals surface area contributed by atoms with Gasteiger partial charge in [-0.25, -0.2) is 10.3 Å². The molecular formula is C3H4N3OS+. The summed E-state index contributed by atoms with van der Waals surface area (Å²) in [6.07, 6.45) is 2.11. The first-order chi connectivity index (χ1) is 3.93. The van der Waals surface area contributed by atoms with E-state index in [1.54, 1.807) is 0 Å². The Bertz CT molecular complexity index is 161. The molecule has 0 bridgehead atoms. The van der Waals surface area contributed by atoms with Crippen molar-refractivity contribution in [2.45, 2.75) is 0 Å². The summed E-state index contributed by atoms with van der Waals surface area (Å²) in [5.41, 5.74) is 0. The van der Waals surface area contributed by atoms with Crippen molar-refractivity contribution < 1.29 is 9.78 Å². The highest BCUT2D eigenvalue weighted by molar-refractivity contribution is 7.09. The van der Waals surface area contributed by atoms with Gasteiger partial charge in [0.2, 0.25) is 6.33 Å². The Balaban J connectivity index is 2.62. The largest absolute Gasteiger partial charge is 0.317 e. The third kappa shape index (κ3) is 1.00. The van der Waals surface area contributed by atoms with Gasteiger partial charge in [-0.3, -0.25) is 4.79 Å². The smallest absolute Gasteiger partial charge is 0.260 e. The zero-order chi connectivity index (χ0) is 5.82. The van der Waals surface area contributed by atoms with Crippen molar-refractivity contribution in [2.75, 3.05) is 5.32 Å². The van der Waals surface area contributed by atoms with E-state index in [9.17, 15) is 4.79 Å². The van der Waals surface area contributed by atoms with Crippen LogP contribution in [-0.2, 0) is 4.79 Å². The lowest BCUT2D eigenvalue weighted by molar-refractivity contribution is -0.357. The lowest BCUT2D eigenvalue weighted by Crippen LogP contribution is -2.04. The molecule has 0 spiro atoms. The number of rotatable bonds is 2. The van der Waals surface area contributed by atoms with Gasteiger partial charge in [0, 0.05) is 0 Å². The van der Waals surface area contributed by atoms with Crippen LogP contribution < -0.4 is 10.3 Å². The Hall–Kier alpha value is -0.970. The number of nitrogens with one attached hydrogen (secondary N) is 2. The molecule has 0 aliphatic carbocycles. The van der Waals surface area contributed by atoms with Crippen LogP contribution >= 0.6 is 11.5 Å². The van der Waals surface area contributed by atoms with E-state index in [1.165, 1.54) is 17.9 Å². The van der Waals surface area contributed by atoms with Gasteiger partial charge < -0.3 is 0 Å². The zero-order valence-corrected chi connectivity index (χ0v) is 4.73. The van der Waals surface area contributed by atoms with Gasteiger partial charge in [0.1, 0.15) is 11.5 Å². The van der Waals surface area contributed by atoms with E-state index in [4.69, 9.17) is 0 Å². The molecule has 0 radical (unpaired) electrons. The van der Waals surface area contributed by atoms with E-state index in [0.29, 0.717) is 11.5 Å². The van der Waals surface area contributed by atoms with Crippen LogP contribution in [0.1, 0.15) is 0 Å². The molecule has 0 saturated carbocycles. The van der Waals surface area contributed by atoms with Crippen molar-refractivity contribution >= 4 is 23.1 Å². The molecular weight excluding hydrogens is 126 g/mol. The second kappa shape index (κ2) is 2.37. The summed E-state index contributed by atoms with van der Waals surface area (Å²) in [7, 11) is 0. The highest BCUT2D eigenvalue weighted by Gasteiger charge is 1.96. The minimum absolute atomic E-state index is 0.601. The molecule has 4 nitrogen and oxygen atoms in total. The Labute approximate surface area is 49.7 Å². The predicted molar refractivity (Wildman–Crippen MR) is 28.4 cm³/mol. The van der Waals surface area contributed by atoms with Crippen molar-refractivity contribution in [3.63, 3.8) is 0 Å². The molecule has 0 aliphatic heterocycles. The molecule has 0 saturated heterocycles. The van der Waals surface area contributed by atoms with Crippen molar-refractivity contribution in [2.24, 2.45) is 0 Å². The summed E-state index contributed by atoms with van der Waals surface area (Å²) in [5.74, 6) is 0. The molecule has 1 amide bonds. The van der Waals surface area contributed by atoms with Gasteiger partial charge in [0.15, 0.2) is 0 Å². The molecule has 5 heteroatoms. The number of carbonyl (C=O) groups excluding carboxylic acids is 1. The molecule has 0 aromatic carbocycles. The first-order valence-corrected chi connectivity index (χ1v) is 2.73. The second-order valence-electron chi connectivity index (χ2n) is 1.06. The molecule has 0 unspecified atom stereocenters. The SMILES string of the molecule is O=CNc1[nH+]cns1. The quantitative estimate of drug-likeness (QED) is 0.550. The van der Waals surface area contributed by atoms with Crippen LogP contribution in [-0.4, -0.2) is 10.8 Å². The van der Waals surface area contributed by atoms with Gasteiger partial charge in [-0.2, -0.15) is 0 Å². The monoisotopic (exact) mass is 130 g/mol. The molecule has 8 heavy (non-hydrogen) atoms. The number of nitrogens with zero attached hydrogens (tertiary/aromatic N) is 1. The lowest BCUT2D eigenvalue weighted by atomic mass is 11.1. The Kier molecular flexibility index (Phi) is 1.53. The third-order valence-electron chi connectivity index (χ3n) is 0.582. The molecule has 2 N–H and O–H groups in total. The zero-order valence-electron chi connectivity index (χ0n) is 3.92. The molecule has 1 aromatic rings. The number of amides is 1. The number of anilines is 1. The molecule has 1 rings (SSSR count). The lowest BCUT2D eigenvalue weighted by Gasteiger charge is -1.74. The summed E-state index contributed by atoms with van der Waals surface area (Å²) < 4.78 is 3.71. The number of hydrogen-bond acceptors (Lipinski definition) is 3. The number of H-pyrrole nitrogens is 1. The van der Waals surface area contributed by atoms with E-state index < -0.39 is 0 Å². The average Bonchev–Trinajstić information content (AvgIpc) is 2.19. The van der Waals surface area contributed by atoms with E-state index in [-0.39, 0.29) is 0 Å². The summed E-state index contributed by atoms with van der Waals surface area (Å²) in [4.78, 5) is 12.4. The van der Waals surface area contributed by atoms with Gasteiger partial charge in [-0.05, 0) is 4.37 Å². The Morgan fingerprint density at radius 3 is 3.38 bits per heavy atom. The molecule has 0 aliphatic rings. The van der Waals surface area contributed by atoms with Crippen LogP contribution in [0.15, 0.2) is 6.33 Å². The molecule has 1 heterocycles. The van der Waals surface area contributed by atoms with Crippen LogP contribution in [0.5, 0.6) is 0 Å². The predicted octanol–water partition coefficient (Wildman–Crippen LogP) is -0.475. The van der Waals surface area contributed by atoms with Gasteiger partial charge in [-0.15, -0.1) is 0 Å². The highest BCUT2D eigenvalue weighted by Crippen LogP contribution is 1.97. The standard InChI is InChI=1S/C3H3N3OS/c7-2-5-3-4-1-6-8-3/h1-2H,(H,4,5,6,7)/p+1. The van der Waals surface area contributed by atoms with Crippen molar-refractivity contribution in [3.05, 3.63) is 6.33 Å². The topological polar surface area (TPSA) is 56.1 Å². The fourth-order valence-corrected chi connectivity index (χ4v) is 0.729. The maximum absolute atomic E-state index is 9.72. The van der Waals surface area contributed by atoms with Crippen LogP contribution in [0.25, 0.3) is 0 Å². The maximum atomic E-state index is 9.72. The third-order valence-corrected chi connectivity index (χ3v) is 1.21. The van der Waals surface area contributed by atoms with Crippen molar-refractivity contribution in [1.82, 2.24) is 4.37 Å². The Morgan fingerprint density at radius 1 is 2.00 bits per heavy atom. The number of hydrogen-bond donors (Lipinski definition) is 1. The van der Waals surface area contributed by atoms with Gasteiger partial charge in [0.25, 0.3) is 6.41 Å². The molecule has 0 atom stereocenters.